The second kappa shape index (κ2) is 4.62. The lowest BCUT2D eigenvalue weighted by molar-refractivity contribution is 0.470. The Morgan fingerprint density at radius 2 is 2.06 bits per heavy atom. The lowest BCUT2D eigenvalue weighted by Gasteiger charge is -2.06. The van der Waals surface area contributed by atoms with Crippen molar-refractivity contribution in [3.05, 3.63) is 35.5 Å². The molecule has 0 aliphatic rings. The Bertz CT molecular complexity index is 529. The minimum atomic E-state index is 0.319. The van der Waals surface area contributed by atoms with Crippen LogP contribution in [0.3, 0.4) is 0 Å². The predicted molar refractivity (Wildman–Crippen MR) is 69.1 cm³/mol. The van der Waals surface area contributed by atoms with Crippen molar-refractivity contribution >= 4 is 0 Å². The number of aromatic hydroxyl groups is 1. The third-order valence-corrected chi connectivity index (χ3v) is 2.92. The van der Waals surface area contributed by atoms with Gasteiger partial charge in [0.15, 0.2) is 5.75 Å². The van der Waals surface area contributed by atoms with Crippen LogP contribution in [0.1, 0.15) is 25.1 Å². The summed E-state index contributed by atoms with van der Waals surface area (Å²) < 4.78 is 1.86. The number of nitrogens with zero attached hydrogens (tertiary/aromatic N) is 2. The van der Waals surface area contributed by atoms with E-state index in [0.29, 0.717) is 5.75 Å². The molecule has 1 heterocycles. The second-order valence-corrected chi connectivity index (χ2v) is 4.18. The summed E-state index contributed by atoms with van der Waals surface area (Å²) in [4.78, 5) is 0. The minimum absolute atomic E-state index is 0.319. The molecule has 1 aromatic carbocycles. The Labute approximate surface area is 102 Å². The third kappa shape index (κ3) is 2.05. The molecule has 0 unspecified atom stereocenters. The molecule has 1 N–H and O–H groups in total. The van der Waals surface area contributed by atoms with Gasteiger partial charge in [0.25, 0.3) is 0 Å². The van der Waals surface area contributed by atoms with Gasteiger partial charge >= 0.3 is 0 Å². The summed E-state index contributed by atoms with van der Waals surface area (Å²) in [6, 6.07) is 8.13. The van der Waals surface area contributed by atoms with Crippen LogP contribution >= 0.6 is 0 Å². The van der Waals surface area contributed by atoms with Gasteiger partial charge in [-0.2, -0.15) is 5.10 Å². The zero-order valence-corrected chi connectivity index (χ0v) is 10.6. The van der Waals surface area contributed by atoms with Crippen LogP contribution in [0.5, 0.6) is 5.75 Å². The Hall–Kier alpha value is -1.77. The molecular weight excluding hydrogens is 212 g/mol. The van der Waals surface area contributed by atoms with E-state index < -0.39 is 0 Å². The van der Waals surface area contributed by atoms with Crippen LogP contribution < -0.4 is 0 Å². The first kappa shape index (κ1) is 11.7. The van der Waals surface area contributed by atoms with Gasteiger partial charge in [0.1, 0.15) is 11.4 Å². The predicted octanol–water partition coefficient (Wildman–Crippen LogP) is 3.15. The number of rotatable bonds is 3. The number of hydrogen-bond acceptors (Lipinski definition) is 2. The highest BCUT2D eigenvalue weighted by Gasteiger charge is 2.16. The fraction of sp³-hybridized carbons (Fsp3) is 0.357. The Morgan fingerprint density at radius 1 is 1.29 bits per heavy atom. The molecule has 17 heavy (non-hydrogen) atoms. The number of hydrogen-bond donors (Lipinski definition) is 1. The minimum Gasteiger partial charge on any atom is -0.504 e. The van der Waals surface area contributed by atoms with Gasteiger partial charge in [-0.25, -0.2) is 0 Å². The molecule has 0 spiro atoms. The molecule has 0 amide bonds. The van der Waals surface area contributed by atoms with Crippen LogP contribution in [-0.4, -0.2) is 14.9 Å². The molecule has 2 rings (SSSR count). The molecule has 0 saturated carbocycles. The summed E-state index contributed by atoms with van der Waals surface area (Å²) in [6.07, 6.45) is 0.748. The van der Waals surface area contributed by atoms with Crippen molar-refractivity contribution in [2.45, 2.75) is 33.7 Å². The van der Waals surface area contributed by atoms with Gasteiger partial charge in [-0.3, -0.25) is 4.68 Å². The van der Waals surface area contributed by atoms with Crippen molar-refractivity contribution in [3.63, 3.8) is 0 Å². The maximum Gasteiger partial charge on any atom is 0.164 e. The number of aryl methyl sites for hydroxylation is 3. The van der Waals surface area contributed by atoms with Gasteiger partial charge in [-0.05, 0) is 26.3 Å². The van der Waals surface area contributed by atoms with E-state index >= 15 is 0 Å². The molecule has 0 atom stereocenters. The highest BCUT2D eigenvalue weighted by atomic mass is 16.3. The molecular formula is C14H18N2O. The smallest absolute Gasteiger partial charge is 0.164 e. The van der Waals surface area contributed by atoms with Crippen molar-refractivity contribution in [1.29, 1.82) is 0 Å². The molecule has 0 radical (unpaired) electrons. The highest BCUT2D eigenvalue weighted by molar-refractivity contribution is 5.68. The topological polar surface area (TPSA) is 38.0 Å². The maximum absolute atomic E-state index is 10.2. The molecule has 3 heteroatoms. The maximum atomic E-state index is 10.2. The molecule has 3 nitrogen and oxygen atoms in total. The monoisotopic (exact) mass is 230 g/mol. The van der Waals surface area contributed by atoms with Gasteiger partial charge in [-0.1, -0.05) is 30.7 Å². The van der Waals surface area contributed by atoms with E-state index in [0.717, 1.165) is 29.9 Å². The quantitative estimate of drug-likeness (QED) is 0.879. The standard InChI is InChI=1S/C14H18N2O/c1-4-12-14(17)13(16(5-2)15-12)11-8-6-7-10(3)9-11/h6-9,17H,4-5H2,1-3H3. The summed E-state index contributed by atoms with van der Waals surface area (Å²) in [5, 5.41) is 14.6. The highest BCUT2D eigenvalue weighted by Crippen LogP contribution is 2.32. The normalized spacial score (nSPS) is 10.8. The molecule has 0 aliphatic carbocycles. The largest absolute Gasteiger partial charge is 0.504 e. The van der Waals surface area contributed by atoms with Crippen molar-refractivity contribution in [2.24, 2.45) is 0 Å². The van der Waals surface area contributed by atoms with Crippen molar-refractivity contribution in [1.82, 2.24) is 9.78 Å². The van der Waals surface area contributed by atoms with Crippen LogP contribution in [0, 0.1) is 6.92 Å². The van der Waals surface area contributed by atoms with Crippen LogP contribution in [0.4, 0.5) is 0 Å². The van der Waals surface area contributed by atoms with E-state index in [4.69, 9.17) is 0 Å². The van der Waals surface area contributed by atoms with Crippen molar-refractivity contribution in [2.75, 3.05) is 0 Å². The Morgan fingerprint density at radius 3 is 2.65 bits per heavy atom. The fourth-order valence-electron chi connectivity index (χ4n) is 2.05. The molecule has 0 fully saturated rings. The zero-order chi connectivity index (χ0) is 12.4. The summed E-state index contributed by atoms with van der Waals surface area (Å²) >= 11 is 0. The van der Waals surface area contributed by atoms with Gasteiger partial charge in [-0.15, -0.1) is 0 Å². The van der Waals surface area contributed by atoms with Gasteiger partial charge < -0.3 is 5.11 Å². The Kier molecular flexibility index (Phi) is 3.18. The third-order valence-electron chi connectivity index (χ3n) is 2.92. The van der Waals surface area contributed by atoms with Crippen molar-refractivity contribution < 1.29 is 5.11 Å². The van der Waals surface area contributed by atoms with Crippen LogP contribution in [0.2, 0.25) is 0 Å². The lowest BCUT2D eigenvalue weighted by atomic mass is 10.1. The Balaban J connectivity index is 2.61. The summed E-state index contributed by atoms with van der Waals surface area (Å²) in [6.45, 7) is 6.85. The van der Waals surface area contributed by atoms with E-state index in [9.17, 15) is 5.11 Å². The average molecular weight is 230 g/mol. The molecule has 1 aromatic heterocycles. The van der Waals surface area contributed by atoms with Crippen LogP contribution in [0.25, 0.3) is 11.3 Å². The van der Waals surface area contributed by atoms with Crippen LogP contribution in [-0.2, 0) is 13.0 Å². The first-order valence-corrected chi connectivity index (χ1v) is 6.03. The average Bonchev–Trinajstić information content (AvgIpc) is 2.65. The first-order chi connectivity index (χ1) is 8.17. The van der Waals surface area contributed by atoms with E-state index in [-0.39, 0.29) is 0 Å². The van der Waals surface area contributed by atoms with Crippen molar-refractivity contribution in [3.8, 4) is 17.0 Å². The molecule has 0 saturated heterocycles. The summed E-state index contributed by atoms with van der Waals surface area (Å²) in [7, 11) is 0. The molecule has 0 bridgehead atoms. The molecule has 0 aliphatic heterocycles. The van der Waals surface area contributed by atoms with E-state index in [1.807, 2.05) is 43.7 Å². The summed E-state index contributed by atoms with van der Waals surface area (Å²) in [5.74, 6) is 0.319. The van der Waals surface area contributed by atoms with Crippen LogP contribution in [0.15, 0.2) is 24.3 Å². The van der Waals surface area contributed by atoms with E-state index in [1.54, 1.807) is 0 Å². The van der Waals surface area contributed by atoms with E-state index in [2.05, 4.69) is 11.2 Å². The SMILES string of the molecule is CCc1nn(CC)c(-c2cccc(C)c2)c1O. The molecule has 2 aromatic rings. The van der Waals surface area contributed by atoms with Gasteiger partial charge in [0, 0.05) is 12.1 Å². The fourth-order valence-corrected chi connectivity index (χ4v) is 2.05. The summed E-state index contributed by atoms with van der Waals surface area (Å²) in [5.41, 5.74) is 3.80. The van der Waals surface area contributed by atoms with Gasteiger partial charge in [0.05, 0.1) is 0 Å². The molecule has 90 valence electrons. The zero-order valence-electron chi connectivity index (χ0n) is 10.6. The lowest BCUT2D eigenvalue weighted by Crippen LogP contribution is -1.99. The number of aromatic nitrogens is 2. The van der Waals surface area contributed by atoms with Gasteiger partial charge in [0.2, 0.25) is 0 Å². The second-order valence-electron chi connectivity index (χ2n) is 4.18. The van der Waals surface area contributed by atoms with E-state index in [1.165, 1.54) is 5.56 Å². The first-order valence-electron chi connectivity index (χ1n) is 6.03. The number of benzene rings is 1.